The number of nitrogens with one attached hydrogen (secondary N) is 1. The number of rotatable bonds is 4. The summed E-state index contributed by atoms with van der Waals surface area (Å²) in [4.78, 5) is 10.9. The van der Waals surface area contributed by atoms with Gasteiger partial charge in [0.1, 0.15) is 12.4 Å². The first kappa shape index (κ1) is 12.7. The van der Waals surface area contributed by atoms with E-state index in [2.05, 4.69) is 16.1 Å². The molecular formula is C14H19NO3. The van der Waals surface area contributed by atoms with Crippen molar-refractivity contribution in [3.63, 3.8) is 0 Å². The van der Waals surface area contributed by atoms with Crippen LogP contribution >= 0.6 is 0 Å². The monoisotopic (exact) mass is 249 g/mol. The molecule has 1 aliphatic carbocycles. The highest BCUT2D eigenvalue weighted by Gasteiger charge is 2.13. The molecule has 1 N–H and O–H groups in total. The summed E-state index contributed by atoms with van der Waals surface area (Å²) in [5.74, 6) is 0.957. The Labute approximate surface area is 107 Å². The van der Waals surface area contributed by atoms with E-state index in [-0.39, 0.29) is 0 Å². The van der Waals surface area contributed by atoms with Crippen molar-refractivity contribution in [2.45, 2.75) is 25.7 Å². The molecule has 0 heterocycles. The van der Waals surface area contributed by atoms with Gasteiger partial charge in [-0.15, -0.1) is 0 Å². The van der Waals surface area contributed by atoms with E-state index in [4.69, 9.17) is 4.74 Å². The number of hydrogen-bond donors (Lipinski definition) is 1. The van der Waals surface area contributed by atoms with Crippen molar-refractivity contribution in [3.8, 4) is 5.75 Å². The fourth-order valence-electron chi connectivity index (χ4n) is 2.27. The van der Waals surface area contributed by atoms with Gasteiger partial charge in [-0.05, 0) is 42.9 Å². The molecule has 0 spiro atoms. The minimum absolute atomic E-state index is 0.423. The van der Waals surface area contributed by atoms with Crippen LogP contribution in [0.15, 0.2) is 18.2 Å². The molecule has 0 fully saturated rings. The molecule has 1 amide bonds. The van der Waals surface area contributed by atoms with E-state index in [9.17, 15) is 4.79 Å². The van der Waals surface area contributed by atoms with Crippen LogP contribution in [0.5, 0.6) is 5.75 Å². The Morgan fingerprint density at radius 1 is 1.33 bits per heavy atom. The Hall–Kier alpha value is -1.71. The normalized spacial score (nSPS) is 13.6. The number of alkyl carbamates (subject to hydrolysis) is 1. The van der Waals surface area contributed by atoms with E-state index in [1.54, 1.807) is 0 Å². The third-order valence-corrected chi connectivity index (χ3v) is 3.17. The number of amides is 1. The van der Waals surface area contributed by atoms with Crippen molar-refractivity contribution in [3.05, 3.63) is 29.3 Å². The molecule has 1 aromatic rings. The van der Waals surface area contributed by atoms with Crippen molar-refractivity contribution in [1.82, 2.24) is 5.32 Å². The fraction of sp³-hybridized carbons (Fsp3) is 0.500. The van der Waals surface area contributed by atoms with Gasteiger partial charge in [0, 0.05) is 0 Å². The number of benzene rings is 1. The second-order valence-electron chi connectivity index (χ2n) is 4.37. The lowest BCUT2D eigenvalue weighted by atomic mass is 9.91. The van der Waals surface area contributed by atoms with Crippen LogP contribution in [0.2, 0.25) is 0 Å². The van der Waals surface area contributed by atoms with Crippen LogP contribution < -0.4 is 10.1 Å². The van der Waals surface area contributed by atoms with E-state index in [1.807, 2.05) is 12.1 Å². The van der Waals surface area contributed by atoms with Gasteiger partial charge in [-0.25, -0.2) is 4.79 Å². The van der Waals surface area contributed by atoms with E-state index in [1.165, 1.54) is 31.1 Å². The van der Waals surface area contributed by atoms with Crippen molar-refractivity contribution < 1.29 is 14.3 Å². The van der Waals surface area contributed by atoms with Crippen molar-refractivity contribution >= 4 is 6.09 Å². The Morgan fingerprint density at radius 2 is 2.17 bits per heavy atom. The molecule has 0 radical (unpaired) electrons. The molecule has 0 bridgehead atoms. The fourth-order valence-corrected chi connectivity index (χ4v) is 2.27. The van der Waals surface area contributed by atoms with Gasteiger partial charge in [0.25, 0.3) is 0 Å². The summed E-state index contributed by atoms with van der Waals surface area (Å²) >= 11 is 0. The Bertz CT molecular complexity index is 418. The predicted octanol–water partition coefficient (Wildman–Crippen LogP) is 2.30. The predicted molar refractivity (Wildman–Crippen MR) is 69.0 cm³/mol. The molecule has 4 nitrogen and oxygen atoms in total. The topological polar surface area (TPSA) is 47.6 Å². The van der Waals surface area contributed by atoms with Crippen LogP contribution in [-0.4, -0.2) is 26.4 Å². The van der Waals surface area contributed by atoms with Crippen LogP contribution in [-0.2, 0) is 17.6 Å². The molecule has 0 saturated carbocycles. The van der Waals surface area contributed by atoms with E-state index in [0.717, 1.165) is 18.6 Å². The minimum Gasteiger partial charge on any atom is -0.491 e. The first-order valence-electron chi connectivity index (χ1n) is 6.36. The van der Waals surface area contributed by atoms with Gasteiger partial charge in [0.05, 0.1) is 13.7 Å². The maximum absolute atomic E-state index is 10.9. The molecule has 1 aromatic carbocycles. The number of fused-ring (bicyclic) bond motifs is 1. The van der Waals surface area contributed by atoms with Gasteiger partial charge in [-0.1, -0.05) is 12.1 Å². The average Bonchev–Trinajstić information content (AvgIpc) is 2.43. The Morgan fingerprint density at radius 3 is 3.00 bits per heavy atom. The largest absolute Gasteiger partial charge is 0.491 e. The molecular weight excluding hydrogens is 230 g/mol. The molecule has 0 saturated heterocycles. The molecule has 0 aliphatic heterocycles. The second kappa shape index (κ2) is 6.28. The lowest BCUT2D eigenvalue weighted by molar-refractivity contribution is 0.168. The summed E-state index contributed by atoms with van der Waals surface area (Å²) in [6, 6.07) is 6.21. The summed E-state index contributed by atoms with van der Waals surface area (Å²) in [5.41, 5.74) is 2.74. The highest BCUT2D eigenvalue weighted by atomic mass is 16.5. The van der Waals surface area contributed by atoms with Gasteiger partial charge in [0.15, 0.2) is 0 Å². The number of ether oxygens (including phenoxy) is 2. The summed E-state index contributed by atoms with van der Waals surface area (Å²) in [6.45, 7) is 0.919. The highest BCUT2D eigenvalue weighted by molar-refractivity contribution is 5.66. The third kappa shape index (κ3) is 3.15. The van der Waals surface area contributed by atoms with Crippen LogP contribution in [0, 0.1) is 0 Å². The van der Waals surface area contributed by atoms with Gasteiger partial charge in [0.2, 0.25) is 0 Å². The molecule has 98 valence electrons. The zero-order chi connectivity index (χ0) is 12.8. The first-order chi connectivity index (χ1) is 8.81. The van der Waals surface area contributed by atoms with Crippen molar-refractivity contribution in [1.29, 1.82) is 0 Å². The Balaban J connectivity index is 1.88. The number of methoxy groups -OCH3 is 1. The summed E-state index contributed by atoms with van der Waals surface area (Å²) in [7, 11) is 1.35. The van der Waals surface area contributed by atoms with Gasteiger partial charge in [-0.3, -0.25) is 0 Å². The molecule has 18 heavy (non-hydrogen) atoms. The third-order valence-electron chi connectivity index (χ3n) is 3.17. The second-order valence-corrected chi connectivity index (χ2v) is 4.37. The van der Waals surface area contributed by atoms with E-state index >= 15 is 0 Å². The molecule has 0 aromatic heterocycles. The van der Waals surface area contributed by atoms with E-state index in [0.29, 0.717) is 13.2 Å². The van der Waals surface area contributed by atoms with Gasteiger partial charge in [-0.2, -0.15) is 0 Å². The highest BCUT2D eigenvalue weighted by Crippen LogP contribution is 2.29. The smallest absolute Gasteiger partial charge is 0.406 e. The van der Waals surface area contributed by atoms with Gasteiger partial charge < -0.3 is 14.8 Å². The maximum Gasteiger partial charge on any atom is 0.406 e. The summed E-state index contributed by atoms with van der Waals surface area (Å²) in [5, 5.41) is 2.60. The number of aryl methyl sites for hydroxylation is 1. The van der Waals surface area contributed by atoms with E-state index < -0.39 is 6.09 Å². The zero-order valence-electron chi connectivity index (χ0n) is 10.7. The zero-order valence-corrected chi connectivity index (χ0v) is 10.7. The standard InChI is InChI=1S/C14H19NO3/c1-17-14(16)15-9-10-18-13-8-4-6-11-5-2-3-7-12(11)13/h4,6,8H,2-3,5,7,9-10H2,1H3,(H,15,16). The van der Waals surface area contributed by atoms with Crippen molar-refractivity contribution in [2.24, 2.45) is 0 Å². The SMILES string of the molecule is COC(=O)NCCOc1cccc2c1CCCC2. The van der Waals surface area contributed by atoms with Crippen molar-refractivity contribution in [2.75, 3.05) is 20.3 Å². The quantitative estimate of drug-likeness (QED) is 0.833. The maximum atomic E-state index is 10.9. The average molecular weight is 249 g/mol. The van der Waals surface area contributed by atoms with Crippen LogP contribution in [0.1, 0.15) is 24.0 Å². The minimum atomic E-state index is -0.423. The molecule has 2 rings (SSSR count). The molecule has 1 aliphatic rings. The Kier molecular flexibility index (Phi) is 4.45. The summed E-state index contributed by atoms with van der Waals surface area (Å²) in [6.07, 6.45) is 4.31. The first-order valence-corrected chi connectivity index (χ1v) is 6.36. The number of carbonyl (C=O) groups excluding carboxylic acids is 1. The molecule has 0 unspecified atom stereocenters. The lowest BCUT2D eigenvalue weighted by Gasteiger charge is -2.19. The van der Waals surface area contributed by atoms with Gasteiger partial charge >= 0.3 is 6.09 Å². The van der Waals surface area contributed by atoms with Crippen LogP contribution in [0.3, 0.4) is 0 Å². The lowest BCUT2D eigenvalue weighted by Crippen LogP contribution is -2.27. The molecule has 4 heteroatoms. The van der Waals surface area contributed by atoms with Crippen LogP contribution in [0.4, 0.5) is 4.79 Å². The number of carbonyl (C=O) groups is 1. The number of hydrogen-bond acceptors (Lipinski definition) is 3. The molecule has 0 atom stereocenters. The summed E-state index contributed by atoms with van der Waals surface area (Å²) < 4.78 is 10.2. The van der Waals surface area contributed by atoms with Crippen LogP contribution in [0.25, 0.3) is 0 Å².